The lowest BCUT2D eigenvalue weighted by Gasteiger charge is -2.36. The molecule has 0 saturated carbocycles. The van der Waals surface area contributed by atoms with E-state index in [-0.39, 0.29) is 24.0 Å². The minimum absolute atomic E-state index is 0.0271. The molecular formula is C36H38N3PS. The van der Waals surface area contributed by atoms with Crippen molar-refractivity contribution in [2.45, 2.75) is 25.0 Å². The molecular weight excluding hydrogens is 537 g/mol. The van der Waals surface area contributed by atoms with Crippen LogP contribution in [0, 0.1) is 5.92 Å². The Labute approximate surface area is 251 Å². The van der Waals surface area contributed by atoms with E-state index in [1.165, 1.54) is 27.1 Å². The molecule has 0 aromatic heterocycles. The van der Waals surface area contributed by atoms with Crippen LogP contribution in [-0.2, 0) is 0 Å². The molecule has 1 aliphatic carbocycles. The quantitative estimate of drug-likeness (QED) is 0.156. The molecule has 5 heteroatoms. The summed E-state index contributed by atoms with van der Waals surface area (Å²) in [5.41, 5.74) is 2.44. The highest BCUT2D eigenvalue weighted by atomic mass is 32.1. The summed E-state index contributed by atoms with van der Waals surface area (Å²) in [4.78, 5) is 2.26. The van der Waals surface area contributed by atoms with Crippen molar-refractivity contribution in [1.82, 2.24) is 15.5 Å². The first kappa shape index (κ1) is 29.0. The lowest BCUT2D eigenvalue weighted by atomic mass is 9.92. The zero-order valence-corrected chi connectivity index (χ0v) is 25.6. The Morgan fingerprint density at radius 1 is 0.707 bits per heavy atom. The molecule has 0 heterocycles. The number of nitrogens with one attached hydrogen (secondary N) is 2. The Balaban J connectivity index is 1.38. The molecule has 1 aliphatic rings. The third-order valence-electron chi connectivity index (χ3n) is 7.57. The number of benzene rings is 4. The monoisotopic (exact) mass is 575 g/mol. The van der Waals surface area contributed by atoms with Crippen molar-refractivity contribution in [1.29, 1.82) is 0 Å². The van der Waals surface area contributed by atoms with Crippen molar-refractivity contribution in [3.05, 3.63) is 156 Å². The average molecular weight is 576 g/mol. The number of allylic oxidation sites excluding steroid dienone is 2. The van der Waals surface area contributed by atoms with Gasteiger partial charge in [0.25, 0.3) is 0 Å². The van der Waals surface area contributed by atoms with Gasteiger partial charge in [0, 0.05) is 12.0 Å². The van der Waals surface area contributed by atoms with E-state index in [9.17, 15) is 0 Å². The third-order valence-corrected chi connectivity index (χ3v) is 10.4. The second-order valence-electron chi connectivity index (χ2n) is 10.6. The van der Waals surface area contributed by atoms with Crippen molar-refractivity contribution in [3.8, 4) is 0 Å². The molecule has 3 nitrogen and oxygen atoms in total. The van der Waals surface area contributed by atoms with E-state index in [1.807, 2.05) is 0 Å². The standard InChI is InChI=1S/C36H38N3PS/c1-27(32-25-16-26-33(32)40(30-21-12-6-13-22-30)31-23-14-7-15-24-31)37-36(41)38-34(28-17-8-4-9-18-28)35(39(2)3)29-19-10-5-11-20-29/h4-27,32,34-35H,1-3H3,(H2,37,38,41)/t27-,32+,34-,35-/m1/s1. The van der Waals surface area contributed by atoms with E-state index in [4.69, 9.17) is 12.2 Å². The van der Waals surface area contributed by atoms with Crippen molar-refractivity contribution in [3.63, 3.8) is 0 Å². The van der Waals surface area contributed by atoms with Gasteiger partial charge in [-0.25, -0.2) is 0 Å². The second kappa shape index (κ2) is 13.9. The van der Waals surface area contributed by atoms with Gasteiger partial charge in [0.15, 0.2) is 5.11 Å². The van der Waals surface area contributed by atoms with Gasteiger partial charge in [-0.1, -0.05) is 140 Å². The number of hydrogen-bond acceptors (Lipinski definition) is 2. The summed E-state index contributed by atoms with van der Waals surface area (Å²) in [6, 6.07) is 43.2. The van der Waals surface area contributed by atoms with Crippen molar-refractivity contribution < 1.29 is 0 Å². The van der Waals surface area contributed by atoms with E-state index >= 15 is 0 Å². The summed E-state index contributed by atoms with van der Waals surface area (Å²) in [7, 11) is 3.60. The van der Waals surface area contributed by atoms with Crippen LogP contribution in [-0.4, -0.2) is 30.1 Å². The van der Waals surface area contributed by atoms with Gasteiger partial charge in [-0.15, -0.1) is 0 Å². The number of hydrogen-bond donors (Lipinski definition) is 2. The van der Waals surface area contributed by atoms with Crippen LogP contribution in [0.15, 0.2) is 145 Å². The molecule has 4 aromatic rings. The summed E-state index contributed by atoms with van der Waals surface area (Å²) in [5, 5.41) is 12.2. The number of nitrogens with zero attached hydrogens (tertiary/aromatic N) is 1. The van der Waals surface area contributed by atoms with Gasteiger partial charge in [-0.3, -0.25) is 0 Å². The Morgan fingerprint density at radius 2 is 1.20 bits per heavy atom. The van der Waals surface area contributed by atoms with Gasteiger partial charge in [-0.2, -0.15) is 0 Å². The summed E-state index contributed by atoms with van der Waals surface area (Å²) in [5.74, 6) is 0.232. The lowest BCUT2D eigenvalue weighted by molar-refractivity contribution is 0.246. The van der Waals surface area contributed by atoms with Crippen LogP contribution in [0.1, 0.15) is 30.1 Å². The molecule has 208 valence electrons. The van der Waals surface area contributed by atoms with Crippen molar-refractivity contribution in [2.24, 2.45) is 5.92 Å². The van der Waals surface area contributed by atoms with E-state index < -0.39 is 7.92 Å². The molecule has 0 saturated heterocycles. The minimum Gasteiger partial charge on any atom is -0.359 e. The predicted molar refractivity (Wildman–Crippen MR) is 180 cm³/mol. The minimum atomic E-state index is -0.663. The van der Waals surface area contributed by atoms with Gasteiger partial charge in [0.2, 0.25) is 0 Å². The van der Waals surface area contributed by atoms with E-state index in [1.54, 1.807) is 0 Å². The second-order valence-corrected chi connectivity index (χ2v) is 13.3. The first-order valence-electron chi connectivity index (χ1n) is 14.1. The van der Waals surface area contributed by atoms with E-state index in [2.05, 4.69) is 176 Å². The highest BCUT2D eigenvalue weighted by Crippen LogP contribution is 2.49. The Bertz CT molecular complexity index is 1420. The Morgan fingerprint density at radius 3 is 1.71 bits per heavy atom. The summed E-state index contributed by atoms with van der Waals surface area (Å²) >= 11 is 6.01. The highest BCUT2D eigenvalue weighted by molar-refractivity contribution is 7.80. The largest absolute Gasteiger partial charge is 0.359 e. The molecule has 0 amide bonds. The molecule has 0 aliphatic heterocycles. The number of likely N-dealkylation sites (N-methyl/N-ethyl adjacent to an activating group) is 1. The highest BCUT2D eigenvalue weighted by Gasteiger charge is 2.31. The number of rotatable bonds is 10. The summed E-state index contributed by atoms with van der Waals surface area (Å²) in [6.45, 7) is 2.24. The fourth-order valence-electron chi connectivity index (χ4n) is 5.65. The van der Waals surface area contributed by atoms with Gasteiger partial charge in [0.05, 0.1) is 12.1 Å². The molecule has 0 bridgehead atoms. The molecule has 5 rings (SSSR count). The SMILES string of the molecule is C[C@@H](NC(=S)N[C@H](c1ccccc1)[C@@H](c1ccccc1)N(C)C)[C@@H]1C=CC=C1P(c1ccccc1)c1ccccc1. The summed E-state index contributed by atoms with van der Waals surface area (Å²) < 4.78 is 0. The first-order chi connectivity index (χ1) is 20.0. The maximum absolute atomic E-state index is 6.01. The van der Waals surface area contributed by atoms with Crippen LogP contribution >= 0.6 is 20.1 Å². The maximum atomic E-state index is 6.01. The van der Waals surface area contributed by atoms with Crippen LogP contribution in [0.5, 0.6) is 0 Å². The fraction of sp³-hybridized carbons (Fsp3) is 0.194. The Hall–Kier alpha value is -3.56. The molecule has 4 atom stereocenters. The van der Waals surface area contributed by atoms with Gasteiger partial charge < -0.3 is 15.5 Å². The van der Waals surface area contributed by atoms with Gasteiger partial charge >= 0.3 is 0 Å². The van der Waals surface area contributed by atoms with Crippen LogP contribution < -0.4 is 21.2 Å². The smallest absolute Gasteiger partial charge is 0.167 e. The molecule has 0 spiro atoms. The predicted octanol–water partition coefficient (Wildman–Crippen LogP) is 7.09. The van der Waals surface area contributed by atoms with Crippen LogP contribution in [0.4, 0.5) is 0 Å². The fourth-order valence-corrected chi connectivity index (χ4v) is 8.65. The van der Waals surface area contributed by atoms with E-state index in [0.717, 1.165) is 0 Å². The lowest BCUT2D eigenvalue weighted by Crippen LogP contribution is -2.47. The van der Waals surface area contributed by atoms with Crippen LogP contribution in [0.2, 0.25) is 0 Å². The molecule has 41 heavy (non-hydrogen) atoms. The maximum Gasteiger partial charge on any atom is 0.167 e. The zero-order chi connectivity index (χ0) is 28.6. The van der Waals surface area contributed by atoms with E-state index in [0.29, 0.717) is 5.11 Å². The van der Waals surface area contributed by atoms with Gasteiger partial charge in [0.1, 0.15) is 0 Å². The average Bonchev–Trinajstić information content (AvgIpc) is 3.48. The zero-order valence-electron chi connectivity index (χ0n) is 23.9. The molecule has 4 aromatic carbocycles. The molecule has 0 unspecified atom stereocenters. The third kappa shape index (κ3) is 7.02. The Kier molecular flexibility index (Phi) is 9.80. The molecule has 2 N–H and O–H groups in total. The van der Waals surface area contributed by atoms with Crippen molar-refractivity contribution in [2.75, 3.05) is 14.1 Å². The topological polar surface area (TPSA) is 27.3 Å². The first-order valence-corrected chi connectivity index (χ1v) is 15.9. The summed E-state index contributed by atoms with van der Waals surface area (Å²) in [6.07, 6.45) is 6.84. The van der Waals surface area contributed by atoms with Crippen LogP contribution in [0.3, 0.4) is 0 Å². The molecule has 0 radical (unpaired) electrons. The van der Waals surface area contributed by atoms with Crippen molar-refractivity contribution >= 4 is 35.9 Å². The normalized spacial score (nSPS) is 16.7. The number of thiocarbonyl (C=S) groups is 1. The molecule has 0 fully saturated rings. The van der Waals surface area contributed by atoms with Crippen LogP contribution in [0.25, 0.3) is 0 Å². The van der Waals surface area contributed by atoms with Gasteiger partial charge in [-0.05, 0) is 68.2 Å².